The average molecular weight is 362 g/mol. The molecule has 0 bridgehead atoms. The third-order valence-electron chi connectivity index (χ3n) is 4.48. The predicted molar refractivity (Wildman–Crippen MR) is 96.9 cm³/mol. The van der Waals surface area contributed by atoms with Crippen molar-refractivity contribution in [1.29, 1.82) is 0 Å². The lowest BCUT2D eigenvalue weighted by Crippen LogP contribution is -2.37. The number of piperidine rings is 1. The van der Waals surface area contributed by atoms with Gasteiger partial charge in [0.25, 0.3) is 0 Å². The van der Waals surface area contributed by atoms with Gasteiger partial charge in [-0.25, -0.2) is 14.8 Å². The van der Waals surface area contributed by atoms with Crippen molar-refractivity contribution < 1.29 is 14.3 Å². The van der Waals surface area contributed by atoms with Gasteiger partial charge in [0, 0.05) is 19.5 Å². The van der Waals surface area contributed by atoms with Crippen molar-refractivity contribution in [2.24, 2.45) is 11.7 Å². The molecule has 134 valence electrons. The number of carbonyl (C=O) groups excluding carboxylic acids is 2. The van der Waals surface area contributed by atoms with Gasteiger partial charge in [-0.1, -0.05) is 0 Å². The molecule has 1 unspecified atom stereocenters. The number of amides is 1. The first-order chi connectivity index (χ1) is 12.0. The molecule has 1 saturated heterocycles. The first kappa shape index (κ1) is 17.6. The summed E-state index contributed by atoms with van der Waals surface area (Å²) in [6.45, 7) is 5.64. The maximum Gasteiger partial charge on any atom is 0.348 e. The molecule has 1 aliphatic heterocycles. The first-order valence-corrected chi connectivity index (χ1v) is 9.27. The van der Waals surface area contributed by atoms with Gasteiger partial charge in [0.1, 0.15) is 21.9 Å². The van der Waals surface area contributed by atoms with Crippen LogP contribution in [0.25, 0.3) is 10.2 Å². The van der Waals surface area contributed by atoms with E-state index >= 15 is 0 Å². The third-order valence-corrected chi connectivity index (χ3v) is 5.66. The Balaban J connectivity index is 1.96. The third kappa shape index (κ3) is 3.58. The summed E-state index contributed by atoms with van der Waals surface area (Å²) in [6, 6.07) is 0. The van der Waals surface area contributed by atoms with Crippen LogP contribution in [-0.2, 0) is 9.53 Å². The molecule has 8 heteroatoms. The molecule has 1 aliphatic rings. The summed E-state index contributed by atoms with van der Waals surface area (Å²) < 4.78 is 5.14. The predicted octanol–water partition coefficient (Wildman–Crippen LogP) is 2.27. The van der Waals surface area contributed by atoms with Crippen molar-refractivity contribution in [3.05, 3.63) is 16.8 Å². The lowest BCUT2D eigenvalue weighted by atomic mass is 9.94. The number of thiophene rings is 1. The van der Waals surface area contributed by atoms with Crippen LogP contribution in [0.5, 0.6) is 0 Å². The van der Waals surface area contributed by atoms with E-state index in [1.54, 1.807) is 6.92 Å². The zero-order chi connectivity index (χ0) is 18.0. The molecule has 3 heterocycles. The van der Waals surface area contributed by atoms with Crippen molar-refractivity contribution in [2.45, 2.75) is 33.1 Å². The smallest absolute Gasteiger partial charge is 0.348 e. The summed E-state index contributed by atoms with van der Waals surface area (Å²) in [6.07, 6.45) is 3.89. The maximum absolute atomic E-state index is 12.2. The number of nitrogens with two attached hydrogens (primary N) is 1. The minimum absolute atomic E-state index is 0.236. The van der Waals surface area contributed by atoms with Gasteiger partial charge in [-0.2, -0.15) is 0 Å². The molecule has 0 radical (unpaired) electrons. The molecule has 1 amide bonds. The van der Waals surface area contributed by atoms with Crippen molar-refractivity contribution in [2.75, 3.05) is 24.6 Å². The fraction of sp³-hybridized carbons (Fsp3) is 0.529. The molecule has 2 aromatic rings. The summed E-state index contributed by atoms with van der Waals surface area (Å²) in [5, 5.41) is 0.898. The number of aromatic nitrogens is 2. The van der Waals surface area contributed by atoms with E-state index in [0.717, 1.165) is 47.5 Å². The number of hydrogen-bond acceptors (Lipinski definition) is 7. The monoisotopic (exact) mass is 362 g/mol. The largest absolute Gasteiger partial charge is 0.462 e. The minimum atomic E-state index is -0.320. The number of hydrogen-bond donors (Lipinski definition) is 1. The Hall–Kier alpha value is -2.22. The second-order valence-corrected chi connectivity index (χ2v) is 7.28. The Labute approximate surface area is 150 Å². The van der Waals surface area contributed by atoms with E-state index in [-0.39, 0.29) is 17.8 Å². The van der Waals surface area contributed by atoms with Crippen molar-refractivity contribution in [3.8, 4) is 0 Å². The molecule has 7 nitrogen and oxygen atoms in total. The minimum Gasteiger partial charge on any atom is -0.462 e. The second kappa shape index (κ2) is 7.35. The van der Waals surface area contributed by atoms with Gasteiger partial charge >= 0.3 is 5.97 Å². The number of fused-ring (bicyclic) bond motifs is 1. The first-order valence-electron chi connectivity index (χ1n) is 8.45. The van der Waals surface area contributed by atoms with Crippen LogP contribution < -0.4 is 10.6 Å². The van der Waals surface area contributed by atoms with Crippen LogP contribution in [0.15, 0.2) is 6.33 Å². The Bertz CT molecular complexity index is 805. The SMILES string of the molecule is CCOC(=O)c1sc2ncnc(N3CCCC(CC(N)=O)C3)c2c1C. The maximum atomic E-state index is 12.2. The molecule has 0 aromatic carbocycles. The van der Waals surface area contributed by atoms with Crippen LogP contribution >= 0.6 is 11.3 Å². The molecule has 2 aromatic heterocycles. The van der Waals surface area contributed by atoms with Gasteiger partial charge in [-0.05, 0) is 38.2 Å². The van der Waals surface area contributed by atoms with Crippen LogP contribution in [0.3, 0.4) is 0 Å². The van der Waals surface area contributed by atoms with E-state index in [1.807, 2.05) is 6.92 Å². The number of rotatable bonds is 5. The van der Waals surface area contributed by atoms with Crippen LogP contribution in [-0.4, -0.2) is 41.5 Å². The molecular formula is C17H22N4O3S. The van der Waals surface area contributed by atoms with E-state index in [2.05, 4.69) is 14.9 Å². The average Bonchev–Trinajstić information content (AvgIpc) is 2.92. The number of ether oxygens (including phenoxy) is 1. The van der Waals surface area contributed by atoms with Gasteiger partial charge < -0.3 is 15.4 Å². The highest BCUT2D eigenvalue weighted by atomic mass is 32.1. The highest BCUT2D eigenvalue weighted by molar-refractivity contribution is 7.20. The van der Waals surface area contributed by atoms with Crippen molar-refractivity contribution in [3.63, 3.8) is 0 Å². The number of esters is 1. The molecule has 3 rings (SSSR count). The standard InChI is InChI=1S/C17H22N4O3S/c1-3-24-17(23)14-10(2)13-15(19-9-20-16(13)25-14)21-6-4-5-11(8-21)7-12(18)22/h9,11H,3-8H2,1-2H3,(H2,18,22). The highest BCUT2D eigenvalue weighted by Crippen LogP contribution is 2.36. The molecule has 0 aliphatic carbocycles. The van der Waals surface area contributed by atoms with Crippen LogP contribution in [0.4, 0.5) is 5.82 Å². The normalized spacial score (nSPS) is 17.7. The van der Waals surface area contributed by atoms with E-state index in [0.29, 0.717) is 17.9 Å². The number of nitrogens with zero attached hydrogens (tertiary/aromatic N) is 3. The Morgan fingerprint density at radius 1 is 1.44 bits per heavy atom. The summed E-state index contributed by atoms with van der Waals surface area (Å²) in [4.78, 5) is 35.8. The molecule has 0 saturated carbocycles. The van der Waals surface area contributed by atoms with Gasteiger partial charge in [0.2, 0.25) is 5.91 Å². The fourth-order valence-corrected chi connectivity index (χ4v) is 4.43. The zero-order valence-electron chi connectivity index (χ0n) is 14.4. The number of primary amides is 1. The zero-order valence-corrected chi connectivity index (χ0v) is 15.3. The van der Waals surface area contributed by atoms with E-state index < -0.39 is 0 Å². The summed E-state index contributed by atoms with van der Waals surface area (Å²) in [7, 11) is 0. The fourth-order valence-electron chi connectivity index (χ4n) is 3.39. The van der Waals surface area contributed by atoms with Crippen molar-refractivity contribution in [1.82, 2.24) is 9.97 Å². The number of aryl methyl sites for hydroxylation is 1. The van der Waals surface area contributed by atoms with Crippen molar-refractivity contribution >= 4 is 39.2 Å². The summed E-state index contributed by atoms with van der Waals surface area (Å²) >= 11 is 1.34. The number of anilines is 1. The molecule has 1 fully saturated rings. The molecule has 0 spiro atoms. The summed E-state index contributed by atoms with van der Waals surface area (Å²) in [5.74, 6) is 0.471. The summed E-state index contributed by atoms with van der Waals surface area (Å²) in [5.41, 5.74) is 6.21. The van der Waals surface area contributed by atoms with Crippen LogP contribution in [0.1, 0.15) is 41.4 Å². The molecule has 2 N–H and O–H groups in total. The molecule has 1 atom stereocenters. The van der Waals surface area contributed by atoms with E-state index in [4.69, 9.17) is 10.5 Å². The Kier molecular flexibility index (Phi) is 5.17. The van der Waals surface area contributed by atoms with Gasteiger partial charge in [0.05, 0.1) is 12.0 Å². The van der Waals surface area contributed by atoms with Crippen LogP contribution in [0, 0.1) is 12.8 Å². The second-order valence-electron chi connectivity index (χ2n) is 6.28. The molecule has 25 heavy (non-hydrogen) atoms. The van der Waals surface area contributed by atoms with Gasteiger partial charge in [-0.15, -0.1) is 11.3 Å². The van der Waals surface area contributed by atoms with Gasteiger partial charge in [-0.3, -0.25) is 4.79 Å². The Morgan fingerprint density at radius 3 is 2.96 bits per heavy atom. The lowest BCUT2D eigenvalue weighted by molar-refractivity contribution is -0.118. The van der Waals surface area contributed by atoms with E-state index in [1.165, 1.54) is 17.7 Å². The van der Waals surface area contributed by atoms with Gasteiger partial charge in [0.15, 0.2) is 0 Å². The quantitative estimate of drug-likeness (QED) is 0.819. The van der Waals surface area contributed by atoms with E-state index in [9.17, 15) is 9.59 Å². The Morgan fingerprint density at radius 2 is 2.24 bits per heavy atom. The highest BCUT2D eigenvalue weighted by Gasteiger charge is 2.26. The molecular weight excluding hydrogens is 340 g/mol. The van der Waals surface area contributed by atoms with Crippen LogP contribution in [0.2, 0.25) is 0 Å². The number of carbonyl (C=O) groups is 2. The lowest BCUT2D eigenvalue weighted by Gasteiger charge is -2.33. The topological polar surface area (TPSA) is 98.4 Å².